The molecule has 0 saturated carbocycles. The van der Waals surface area contributed by atoms with Gasteiger partial charge in [0.2, 0.25) is 5.75 Å². The minimum atomic E-state index is -0.392. The molecule has 8 heteroatoms. The number of ether oxygens (including phenoxy) is 5. The number of hydrogen-bond donors (Lipinski definition) is 2. The van der Waals surface area contributed by atoms with Gasteiger partial charge >= 0.3 is 0 Å². The second kappa shape index (κ2) is 8.88. The monoisotopic (exact) mass is 376 g/mol. The Morgan fingerprint density at radius 2 is 1.52 bits per heavy atom. The van der Waals surface area contributed by atoms with Gasteiger partial charge in [-0.3, -0.25) is 4.79 Å². The normalized spacial score (nSPS) is 10.1. The summed E-state index contributed by atoms with van der Waals surface area (Å²) in [6.45, 7) is 0.218. The number of benzene rings is 2. The fourth-order valence-corrected chi connectivity index (χ4v) is 2.73. The lowest BCUT2D eigenvalue weighted by atomic mass is 10.1. The lowest BCUT2D eigenvalue weighted by molar-refractivity contribution is 0.0950. The van der Waals surface area contributed by atoms with Crippen molar-refractivity contribution in [3.05, 3.63) is 35.4 Å². The summed E-state index contributed by atoms with van der Waals surface area (Å²) in [5.41, 5.74) is 7.23. The summed E-state index contributed by atoms with van der Waals surface area (Å²) in [5.74, 6) is 1.64. The molecule has 0 saturated heterocycles. The van der Waals surface area contributed by atoms with E-state index in [-0.39, 0.29) is 23.5 Å². The summed E-state index contributed by atoms with van der Waals surface area (Å²) in [4.78, 5) is 12.7. The molecule has 1 amide bonds. The van der Waals surface area contributed by atoms with E-state index in [0.717, 1.165) is 5.56 Å². The third kappa shape index (κ3) is 3.94. The molecule has 2 aromatic carbocycles. The van der Waals surface area contributed by atoms with E-state index in [1.54, 1.807) is 20.3 Å². The highest BCUT2D eigenvalue weighted by Gasteiger charge is 2.22. The first-order chi connectivity index (χ1) is 13.0. The van der Waals surface area contributed by atoms with Crippen LogP contribution in [0.25, 0.3) is 0 Å². The van der Waals surface area contributed by atoms with E-state index in [4.69, 9.17) is 29.4 Å². The summed E-state index contributed by atoms with van der Waals surface area (Å²) in [6, 6.07) is 6.94. The van der Waals surface area contributed by atoms with E-state index < -0.39 is 5.91 Å². The Labute approximate surface area is 158 Å². The minimum Gasteiger partial charge on any atom is -0.493 e. The van der Waals surface area contributed by atoms with Gasteiger partial charge in [0.05, 0.1) is 46.8 Å². The first-order valence-corrected chi connectivity index (χ1v) is 8.08. The molecule has 0 aromatic heterocycles. The highest BCUT2D eigenvalue weighted by molar-refractivity contribution is 6.01. The number of hydrogen-bond acceptors (Lipinski definition) is 7. The van der Waals surface area contributed by atoms with Crippen molar-refractivity contribution in [2.75, 3.05) is 41.3 Å². The van der Waals surface area contributed by atoms with Gasteiger partial charge in [0.25, 0.3) is 5.91 Å². The highest BCUT2D eigenvalue weighted by Crippen LogP contribution is 2.43. The first-order valence-electron chi connectivity index (χ1n) is 8.08. The molecule has 0 heterocycles. The zero-order valence-corrected chi connectivity index (χ0v) is 16.0. The predicted molar refractivity (Wildman–Crippen MR) is 101 cm³/mol. The molecule has 0 bridgehead atoms. The molecule has 2 rings (SSSR count). The number of nitrogens with two attached hydrogens (primary N) is 1. The summed E-state index contributed by atoms with van der Waals surface area (Å²) in [5, 5.41) is 2.82. The molecule has 146 valence electrons. The van der Waals surface area contributed by atoms with Crippen LogP contribution >= 0.6 is 0 Å². The zero-order chi connectivity index (χ0) is 20.0. The van der Waals surface area contributed by atoms with Crippen LogP contribution in [-0.4, -0.2) is 41.5 Å². The number of nitrogens with one attached hydrogen (secondary N) is 1. The van der Waals surface area contributed by atoms with Crippen LogP contribution < -0.4 is 34.7 Å². The van der Waals surface area contributed by atoms with Gasteiger partial charge in [0.1, 0.15) is 0 Å². The molecule has 8 nitrogen and oxygen atoms in total. The maximum atomic E-state index is 12.7. The van der Waals surface area contributed by atoms with Gasteiger partial charge in [-0.25, -0.2) is 0 Å². The SMILES string of the molecule is COc1cccc(CNC(=O)c2cc(OC)c(OC)c(OC)c2N)c1OC. The quantitative estimate of drug-likeness (QED) is 0.681. The van der Waals surface area contributed by atoms with E-state index in [9.17, 15) is 4.79 Å². The number of para-hydroxylation sites is 1. The van der Waals surface area contributed by atoms with Gasteiger partial charge in [-0.2, -0.15) is 0 Å². The Bertz CT molecular complexity index is 822. The Morgan fingerprint density at radius 3 is 2.07 bits per heavy atom. The van der Waals surface area contributed by atoms with E-state index in [1.807, 2.05) is 12.1 Å². The topological polar surface area (TPSA) is 101 Å². The first kappa shape index (κ1) is 20.0. The number of carbonyl (C=O) groups is 1. The number of rotatable bonds is 8. The minimum absolute atomic E-state index is 0.158. The maximum absolute atomic E-state index is 12.7. The molecule has 0 aliphatic heterocycles. The van der Waals surface area contributed by atoms with Crippen LogP contribution in [0.3, 0.4) is 0 Å². The van der Waals surface area contributed by atoms with Crippen molar-refractivity contribution < 1.29 is 28.5 Å². The highest BCUT2D eigenvalue weighted by atomic mass is 16.5. The third-order valence-corrected chi connectivity index (χ3v) is 4.04. The van der Waals surface area contributed by atoms with E-state index in [0.29, 0.717) is 23.0 Å². The number of carbonyl (C=O) groups excluding carboxylic acids is 1. The number of amides is 1. The molecule has 0 spiro atoms. The van der Waals surface area contributed by atoms with Crippen molar-refractivity contribution >= 4 is 11.6 Å². The summed E-state index contributed by atoms with van der Waals surface area (Å²) in [6.07, 6.45) is 0. The number of methoxy groups -OCH3 is 5. The number of nitrogen functional groups attached to an aromatic ring is 1. The fraction of sp³-hybridized carbons (Fsp3) is 0.316. The van der Waals surface area contributed by atoms with E-state index >= 15 is 0 Å². The molecule has 2 aromatic rings. The Morgan fingerprint density at radius 1 is 0.889 bits per heavy atom. The van der Waals surface area contributed by atoms with Crippen molar-refractivity contribution in [1.29, 1.82) is 0 Å². The smallest absolute Gasteiger partial charge is 0.253 e. The standard InChI is InChI=1S/C19H24N2O6/c1-23-13-8-6-7-11(16(13)25-3)10-21-19(22)12-9-14(24-2)17(26-4)18(27-5)15(12)20/h6-9H,10,20H2,1-5H3,(H,21,22). The molecule has 0 atom stereocenters. The van der Waals surface area contributed by atoms with Crippen LogP contribution in [0, 0.1) is 0 Å². The Kier molecular flexibility index (Phi) is 6.59. The molecule has 3 N–H and O–H groups in total. The Hall–Kier alpha value is -3.29. The third-order valence-electron chi connectivity index (χ3n) is 4.04. The molecular formula is C19H24N2O6. The van der Waals surface area contributed by atoms with Gasteiger partial charge in [-0.1, -0.05) is 12.1 Å². The summed E-state index contributed by atoms with van der Waals surface area (Å²) < 4.78 is 26.5. The van der Waals surface area contributed by atoms with Crippen LogP contribution in [0.2, 0.25) is 0 Å². The van der Waals surface area contributed by atoms with Crippen molar-refractivity contribution in [2.24, 2.45) is 0 Å². The molecule has 0 radical (unpaired) electrons. The van der Waals surface area contributed by atoms with Gasteiger partial charge in [-0.05, 0) is 12.1 Å². The van der Waals surface area contributed by atoms with Crippen molar-refractivity contribution in [1.82, 2.24) is 5.32 Å². The molecular weight excluding hydrogens is 352 g/mol. The van der Waals surface area contributed by atoms with Gasteiger partial charge in [0, 0.05) is 12.1 Å². The second-order valence-corrected chi connectivity index (χ2v) is 5.44. The summed E-state index contributed by atoms with van der Waals surface area (Å²) >= 11 is 0. The van der Waals surface area contributed by atoms with Crippen LogP contribution in [0.15, 0.2) is 24.3 Å². The maximum Gasteiger partial charge on any atom is 0.253 e. The number of anilines is 1. The van der Waals surface area contributed by atoms with E-state index in [1.165, 1.54) is 27.4 Å². The lowest BCUT2D eigenvalue weighted by Gasteiger charge is -2.17. The molecule has 27 heavy (non-hydrogen) atoms. The average Bonchev–Trinajstić information content (AvgIpc) is 2.70. The van der Waals surface area contributed by atoms with Crippen LogP contribution in [0.5, 0.6) is 28.7 Å². The van der Waals surface area contributed by atoms with Crippen LogP contribution in [0.4, 0.5) is 5.69 Å². The summed E-state index contributed by atoms with van der Waals surface area (Å²) in [7, 11) is 7.47. The van der Waals surface area contributed by atoms with Crippen LogP contribution in [0.1, 0.15) is 15.9 Å². The van der Waals surface area contributed by atoms with Gasteiger partial charge in [0.15, 0.2) is 23.0 Å². The largest absolute Gasteiger partial charge is 0.493 e. The molecule has 0 aliphatic carbocycles. The lowest BCUT2D eigenvalue weighted by Crippen LogP contribution is -2.24. The Balaban J connectivity index is 2.32. The van der Waals surface area contributed by atoms with Gasteiger partial charge in [-0.15, -0.1) is 0 Å². The average molecular weight is 376 g/mol. The van der Waals surface area contributed by atoms with Gasteiger partial charge < -0.3 is 34.7 Å². The van der Waals surface area contributed by atoms with E-state index in [2.05, 4.69) is 5.32 Å². The second-order valence-electron chi connectivity index (χ2n) is 5.44. The molecule has 0 aliphatic rings. The predicted octanol–water partition coefficient (Wildman–Crippen LogP) is 2.24. The van der Waals surface area contributed by atoms with Crippen molar-refractivity contribution in [2.45, 2.75) is 6.54 Å². The zero-order valence-electron chi connectivity index (χ0n) is 16.0. The fourth-order valence-electron chi connectivity index (χ4n) is 2.73. The van der Waals surface area contributed by atoms with Crippen molar-refractivity contribution in [3.8, 4) is 28.7 Å². The van der Waals surface area contributed by atoms with Crippen LogP contribution in [-0.2, 0) is 6.54 Å². The molecule has 0 unspecified atom stereocenters. The van der Waals surface area contributed by atoms with Crippen molar-refractivity contribution in [3.63, 3.8) is 0 Å². The molecule has 0 fully saturated rings.